The quantitative estimate of drug-likeness (QED) is 0.529. The molecule has 0 aromatic heterocycles. The second-order valence-corrected chi connectivity index (χ2v) is 3.55. The molecule has 1 atom stereocenters. The largest absolute Gasteiger partial charge is 0.412 e. The van der Waals surface area contributed by atoms with E-state index < -0.39 is 17.9 Å². The summed E-state index contributed by atoms with van der Waals surface area (Å²) in [6.07, 6.45) is 3.93. The summed E-state index contributed by atoms with van der Waals surface area (Å²) in [5.74, 6) is 0. The summed E-state index contributed by atoms with van der Waals surface area (Å²) in [6, 6.07) is 0. The molecule has 0 fully saturated rings. The molecule has 16 heavy (non-hydrogen) atoms. The van der Waals surface area contributed by atoms with Crippen LogP contribution in [-0.2, 0) is 4.74 Å². The molecule has 0 saturated carbocycles. The van der Waals surface area contributed by atoms with E-state index in [1.807, 2.05) is 19.1 Å². The lowest BCUT2D eigenvalue weighted by molar-refractivity contribution is -0.0977. The van der Waals surface area contributed by atoms with E-state index in [2.05, 4.69) is 0 Å². The average Bonchev–Trinajstić information content (AvgIpc) is 2.24. The van der Waals surface area contributed by atoms with Gasteiger partial charge in [-0.1, -0.05) is 30.4 Å². The minimum Gasteiger partial charge on any atom is -0.373 e. The van der Waals surface area contributed by atoms with Crippen LogP contribution in [0.15, 0.2) is 36.0 Å². The van der Waals surface area contributed by atoms with Crippen molar-refractivity contribution in [2.24, 2.45) is 0 Å². The first-order valence-electron chi connectivity index (χ1n) is 5.21. The summed E-state index contributed by atoms with van der Waals surface area (Å²) in [5.41, 5.74) is -0.522. The van der Waals surface area contributed by atoms with E-state index in [-0.39, 0.29) is 6.42 Å². The number of ether oxygens (including phenoxy) is 1. The highest BCUT2D eigenvalue weighted by atomic mass is 19.4. The second-order valence-electron chi connectivity index (χ2n) is 3.55. The zero-order chi connectivity index (χ0) is 12.0. The Morgan fingerprint density at radius 1 is 1.50 bits per heavy atom. The van der Waals surface area contributed by atoms with Gasteiger partial charge in [-0.25, -0.2) is 0 Å². The van der Waals surface area contributed by atoms with E-state index in [0.29, 0.717) is 6.61 Å². The Morgan fingerprint density at radius 3 is 2.88 bits per heavy atom. The Labute approximate surface area is 93.3 Å². The van der Waals surface area contributed by atoms with Gasteiger partial charge in [-0.15, -0.1) is 0 Å². The SMILES string of the molecule is C/C=C/CCOC1C=CC=C(C(F)(F)F)C1. The highest BCUT2D eigenvalue weighted by Crippen LogP contribution is 2.31. The monoisotopic (exact) mass is 232 g/mol. The Morgan fingerprint density at radius 2 is 2.25 bits per heavy atom. The van der Waals surface area contributed by atoms with Crippen LogP contribution >= 0.6 is 0 Å². The minimum atomic E-state index is -4.24. The third-order valence-corrected chi connectivity index (χ3v) is 2.26. The third-order valence-electron chi connectivity index (χ3n) is 2.26. The van der Waals surface area contributed by atoms with Crippen LogP contribution in [0.3, 0.4) is 0 Å². The van der Waals surface area contributed by atoms with Crippen molar-refractivity contribution in [2.45, 2.75) is 32.0 Å². The molecule has 0 aliphatic heterocycles. The maximum Gasteiger partial charge on any atom is 0.412 e. The van der Waals surface area contributed by atoms with Gasteiger partial charge in [-0.05, 0) is 13.3 Å². The van der Waals surface area contributed by atoms with E-state index >= 15 is 0 Å². The smallest absolute Gasteiger partial charge is 0.373 e. The first-order chi connectivity index (χ1) is 7.54. The minimum absolute atomic E-state index is 0.0875. The molecule has 0 saturated heterocycles. The summed E-state index contributed by atoms with van der Waals surface area (Å²) in [7, 11) is 0. The van der Waals surface area contributed by atoms with Crippen molar-refractivity contribution in [3.63, 3.8) is 0 Å². The zero-order valence-corrected chi connectivity index (χ0v) is 9.13. The van der Waals surface area contributed by atoms with Crippen molar-refractivity contribution in [2.75, 3.05) is 6.61 Å². The van der Waals surface area contributed by atoms with Gasteiger partial charge < -0.3 is 4.74 Å². The van der Waals surface area contributed by atoms with E-state index in [0.717, 1.165) is 12.5 Å². The van der Waals surface area contributed by atoms with Crippen LogP contribution in [0.25, 0.3) is 0 Å². The maximum absolute atomic E-state index is 12.4. The zero-order valence-electron chi connectivity index (χ0n) is 9.13. The second kappa shape index (κ2) is 5.89. The predicted octanol–water partition coefficient (Wildman–Crippen LogP) is 3.79. The Hall–Kier alpha value is -1.03. The lowest BCUT2D eigenvalue weighted by Gasteiger charge is -2.20. The van der Waals surface area contributed by atoms with Gasteiger partial charge in [0.05, 0.1) is 12.7 Å². The molecular formula is C12H15F3O. The Kier molecular flexibility index (Phi) is 4.80. The van der Waals surface area contributed by atoms with Gasteiger partial charge in [0.2, 0.25) is 0 Å². The van der Waals surface area contributed by atoms with Gasteiger partial charge in [0.25, 0.3) is 0 Å². The van der Waals surface area contributed by atoms with Crippen LogP contribution in [0.1, 0.15) is 19.8 Å². The fraction of sp³-hybridized carbons (Fsp3) is 0.500. The molecular weight excluding hydrogens is 217 g/mol. The molecule has 90 valence electrons. The molecule has 1 nitrogen and oxygen atoms in total. The number of hydrogen-bond donors (Lipinski definition) is 0. The highest BCUT2D eigenvalue weighted by molar-refractivity contribution is 5.24. The molecule has 1 unspecified atom stereocenters. The number of rotatable bonds is 4. The summed E-state index contributed by atoms with van der Waals surface area (Å²) < 4.78 is 42.5. The van der Waals surface area contributed by atoms with Gasteiger partial charge in [0.1, 0.15) is 0 Å². The van der Waals surface area contributed by atoms with Crippen molar-refractivity contribution < 1.29 is 17.9 Å². The molecule has 0 spiro atoms. The fourth-order valence-electron chi connectivity index (χ4n) is 1.43. The Bertz CT molecular complexity index is 300. The van der Waals surface area contributed by atoms with Crippen molar-refractivity contribution in [1.82, 2.24) is 0 Å². The molecule has 0 aromatic rings. The summed E-state index contributed by atoms with van der Waals surface area (Å²) >= 11 is 0. The molecule has 1 aliphatic carbocycles. The molecule has 1 rings (SSSR count). The number of allylic oxidation sites excluding steroid dienone is 3. The molecule has 0 N–H and O–H groups in total. The third kappa shape index (κ3) is 4.23. The number of hydrogen-bond acceptors (Lipinski definition) is 1. The van der Waals surface area contributed by atoms with Crippen molar-refractivity contribution >= 4 is 0 Å². The van der Waals surface area contributed by atoms with Crippen LogP contribution in [0.2, 0.25) is 0 Å². The normalized spacial score (nSPS) is 21.5. The van der Waals surface area contributed by atoms with Crippen LogP contribution in [0.5, 0.6) is 0 Å². The summed E-state index contributed by atoms with van der Waals surface area (Å²) in [4.78, 5) is 0. The van der Waals surface area contributed by atoms with Crippen molar-refractivity contribution in [3.8, 4) is 0 Å². The van der Waals surface area contributed by atoms with E-state index in [9.17, 15) is 13.2 Å². The lowest BCUT2D eigenvalue weighted by atomic mass is 10.0. The highest BCUT2D eigenvalue weighted by Gasteiger charge is 2.35. The lowest BCUT2D eigenvalue weighted by Crippen LogP contribution is -2.21. The molecule has 0 radical (unpaired) electrons. The van der Waals surface area contributed by atoms with Crippen molar-refractivity contribution in [1.29, 1.82) is 0 Å². The standard InChI is InChI=1S/C12H15F3O/c1-2-3-4-8-16-11-7-5-6-10(9-11)12(13,14)15/h2-3,5-7,11H,4,8-9H2,1H3/b3-2+. The molecule has 4 heteroatoms. The summed E-state index contributed by atoms with van der Waals surface area (Å²) in [5, 5.41) is 0. The van der Waals surface area contributed by atoms with E-state index in [1.165, 1.54) is 6.08 Å². The van der Waals surface area contributed by atoms with Gasteiger partial charge in [0, 0.05) is 12.0 Å². The van der Waals surface area contributed by atoms with Crippen LogP contribution in [0.4, 0.5) is 13.2 Å². The van der Waals surface area contributed by atoms with Gasteiger partial charge >= 0.3 is 6.18 Å². The van der Waals surface area contributed by atoms with Gasteiger partial charge in [-0.2, -0.15) is 13.2 Å². The molecule has 0 bridgehead atoms. The molecule has 0 amide bonds. The molecule has 0 aromatic carbocycles. The van der Waals surface area contributed by atoms with Gasteiger partial charge in [-0.3, -0.25) is 0 Å². The summed E-state index contributed by atoms with van der Waals surface area (Å²) in [6.45, 7) is 2.34. The van der Waals surface area contributed by atoms with Crippen LogP contribution in [0, 0.1) is 0 Å². The number of alkyl halides is 3. The first kappa shape index (κ1) is 13.0. The fourth-order valence-corrected chi connectivity index (χ4v) is 1.43. The average molecular weight is 232 g/mol. The van der Waals surface area contributed by atoms with E-state index in [1.54, 1.807) is 6.08 Å². The Balaban J connectivity index is 2.38. The molecule has 1 aliphatic rings. The molecule has 0 heterocycles. The van der Waals surface area contributed by atoms with Crippen LogP contribution in [-0.4, -0.2) is 18.9 Å². The first-order valence-corrected chi connectivity index (χ1v) is 5.21. The topological polar surface area (TPSA) is 9.23 Å². The van der Waals surface area contributed by atoms with E-state index in [4.69, 9.17) is 4.74 Å². The van der Waals surface area contributed by atoms with Crippen LogP contribution < -0.4 is 0 Å². The predicted molar refractivity (Wildman–Crippen MR) is 57.1 cm³/mol. The van der Waals surface area contributed by atoms with Gasteiger partial charge in [0.15, 0.2) is 0 Å². The van der Waals surface area contributed by atoms with Crippen molar-refractivity contribution in [3.05, 3.63) is 36.0 Å². The number of halogens is 3. The maximum atomic E-state index is 12.4.